The third kappa shape index (κ3) is 6.21. The van der Waals surface area contributed by atoms with Gasteiger partial charge in [0.15, 0.2) is 6.61 Å². The molecule has 1 aromatic rings. The summed E-state index contributed by atoms with van der Waals surface area (Å²) < 4.78 is 15.4. The highest BCUT2D eigenvalue weighted by Crippen LogP contribution is 2.32. The second kappa shape index (κ2) is 11.3. The van der Waals surface area contributed by atoms with Crippen LogP contribution in [0.2, 0.25) is 0 Å². The molecule has 33 heavy (non-hydrogen) atoms. The minimum Gasteiger partial charge on any atom is -0.463 e. The molecule has 0 aromatic heterocycles. The molecule has 0 radical (unpaired) electrons. The Morgan fingerprint density at radius 1 is 0.879 bits per heavy atom. The summed E-state index contributed by atoms with van der Waals surface area (Å²) in [5, 5.41) is 5.61. The lowest BCUT2D eigenvalue weighted by Crippen LogP contribution is -2.39. The van der Waals surface area contributed by atoms with Crippen LogP contribution in [0.4, 0.5) is 5.69 Å². The van der Waals surface area contributed by atoms with Crippen molar-refractivity contribution in [3.63, 3.8) is 0 Å². The van der Waals surface area contributed by atoms with Crippen molar-refractivity contribution in [1.29, 1.82) is 0 Å². The SMILES string of the molecule is CCOC(=O)C1=C(C)NC(C)=C(C(=O)OCC)C1C(=O)OCC(=O)Nc1ccc(C)cc1C. The first kappa shape index (κ1) is 25.6. The summed E-state index contributed by atoms with van der Waals surface area (Å²) in [6.07, 6.45) is 0. The van der Waals surface area contributed by atoms with Gasteiger partial charge in [0, 0.05) is 17.1 Å². The van der Waals surface area contributed by atoms with Crippen LogP contribution in [0.5, 0.6) is 0 Å². The van der Waals surface area contributed by atoms with E-state index in [0.29, 0.717) is 17.1 Å². The average molecular weight is 459 g/mol. The Hall–Kier alpha value is -3.62. The van der Waals surface area contributed by atoms with Crippen LogP contribution >= 0.6 is 0 Å². The number of esters is 3. The molecule has 0 bridgehead atoms. The highest BCUT2D eigenvalue weighted by atomic mass is 16.5. The molecule has 0 saturated carbocycles. The van der Waals surface area contributed by atoms with E-state index in [9.17, 15) is 19.2 Å². The maximum atomic E-state index is 13.1. The van der Waals surface area contributed by atoms with Crippen LogP contribution in [0.1, 0.15) is 38.8 Å². The van der Waals surface area contributed by atoms with Gasteiger partial charge in [-0.15, -0.1) is 0 Å². The summed E-state index contributed by atoms with van der Waals surface area (Å²) in [7, 11) is 0. The number of allylic oxidation sites excluding steroid dienone is 2. The van der Waals surface area contributed by atoms with E-state index in [4.69, 9.17) is 14.2 Å². The summed E-state index contributed by atoms with van der Waals surface area (Å²) in [4.78, 5) is 50.7. The van der Waals surface area contributed by atoms with Crippen LogP contribution in [-0.4, -0.2) is 43.6 Å². The lowest BCUT2D eigenvalue weighted by molar-refractivity contribution is -0.153. The normalized spacial score (nSPS) is 13.9. The summed E-state index contributed by atoms with van der Waals surface area (Å²) in [5.74, 6) is -4.41. The number of dihydropyridines is 1. The molecule has 0 fully saturated rings. The summed E-state index contributed by atoms with van der Waals surface area (Å²) in [5.41, 5.74) is 3.07. The van der Waals surface area contributed by atoms with Crippen molar-refractivity contribution in [2.24, 2.45) is 5.92 Å². The number of rotatable bonds is 8. The number of benzene rings is 1. The van der Waals surface area contributed by atoms with E-state index in [1.165, 1.54) is 0 Å². The van der Waals surface area contributed by atoms with Crippen molar-refractivity contribution in [2.75, 3.05) is 25.1 Å². The molecule has 9 heteroatoms. The van der Waals surface area contributed by atoms with Crippen molar-refractivity contribution >= 4 is 29.5 Å². The zero-order chi connectivity index (χ0) is 24.7. The minimum absolute atomic E-state index is 0.0645. The lowest BCUT2D eigenvalue weighted by atomic mass is 9.85. The first-order valence-electron chi connectivity index (χ1n) is 10.7. The van der Waals surface area contributed by atoms with E-state index in [1.807, 2.05) is 26.0 Å². The highest BCUT2D eigenvalue weighted by molar-refractivity contribution is 6.06. The fourth-order valence-electron chi connectivity index (χ4n) is 3.55. The van der Waals surface area contributed by atoms with Gasteiger partial charge in [0.25, 0.3) is 5.91 Å². The number of hydrogen-bond acceptors (Lipinski definition) is 8. The molecule has 2 N–H and O–H groups in total. The van der Waals surface area contributed by atoms with Gasteiger partial charge in [-0.3, -0.25) is 9.59 Å². The fourth-order valence-corrected chi connectivity index (χ4v) is 3.55. The molecule has 0 spiro atoms. The minimum atomic E-state index is -1.39. The molecule has 0 atom stereocenters. The molecule has 1 aliphatic rings. The number of amides is 1. The molecule has 9 nitrogen and oxygen atoms in total. The second-order valence-electron chi connectivity index (χ2n) is 7.55. The highest BCUT2D eigenvalue weighted by Gasteiger charge is 2.42. The molecule has 0 aliphatic carbocycles. The van der Waals surface area contributed by atoms with Gasteiger partial charge in [-0.1, -0.05) is 17.7 Å². The molecular formula is C24H30N2O7. The van der Waals surface area contributed by atoms with Gasteiger partial charge >= 0.3 is 17.9 Å². The third-order valence-corrected chi connectivity index (χ3v) is 4.99. The topological polar surface area (TPSA) is 120 Å². The molecule has 178 valence electrons. The number of nitrogens with one attached hydrogen (secondary N) is 2. The number of carbonyl (C=O) groups excluding carboxylic acids is 4. The van der Waals surface area contributed by atoms with Gasteiger partial charge in [-0.2, -0.15) is 0 Å². The van der Waals surface area contributed by atoms with E-state index in [1.54, 1.807) is 33.8 Å². The van der Waals surface area contributed by atoms with Crippen molar-refractivity contribution < 1.29 is 33.4 Å². The van der Waals surface area contributed by atoms with Crippen LogP contribution in [-0.2, 0) is 33.4 Å². The largest absolute Gasteiger partial charge is 0.463 e. The van der Waals surface area contributed by atoms with Crippen LogP contribution < -0.4 is 10.6 Å². The Morgan fingerprint density at radius 2 is 1.42 bits per heavy atom. The molecule has 1 amide bonds. The van der Waals surface area contributed by atoms with E-state index in [0.717, 1.165) is 11.1 Å². The zero-order valence-electron chi connectivity index (χ0n) is 19.8. The van der Waals surface area contributed by atoms with Crippen molar-refractivity contribution in [3.8, 4) is 0 Å². The molecule has 1 aromatic carbocycles. The van der Waals surface area contributed by atoms with Crippen LogP contribution in [0, 0.1) is 19.8 Å². The van der Waals surface area contributed by atoms with Gasteiger partial charge in [0.2, 0.25) is 0 Å². The van der Waals surface area contributed by atoms with E-state index in [-0.39, 0.29) is 24.4 Å². The summed E-state index contributed by atoms with van der Waals surface area (Å²) in [6.45, 7) is 9.77. The smallest absolute Gasteiger partial charge is 0.337 e. The van der Waals surface area contributed by atoms with Gasteiger partial charge in [0.1, 0.15) is 5.92 Å². The van der Waals surface area contributed by atoms with Crippen LogP contribution in [0.25, 0.3) is 0 Å². The van der Waals surface area contributed by atoms with Crippen molar-refractivity contribution in [3.05, 3.63) is 51.9 Å². The number of hydrogen-bond donors (Lipinski definition) is 2. The number of anilines is 1. The quantitative estimate of drug-likeness (QED) is 0.451. The predicted octanol–water partition coefficient (Wildman–Crippen LogP) is 2.68. The lowest BCUT2D eigenvalue weighted by Gasteiger charge is -2.28. The maximum absolute atomic E-state index is 13.1. The maximum Gasteiger partial charge on any atom is 0.337 e. The van der Waals surface area contributed by atoms with E-state index in [2.05, 4.69) is 10.6 Å². The Balaban J connectivity index is 2.26. The average Bonchev–Trinajstić information content (AvgIpc) is 2.73. The van der Waals surface area contributed by atoms with Gasteiger partial charge in [-0.25, -0.2) is 9.59 Å². The molecule has 1 aliphatic heterocycles. The van der Waals surface area contributed by atoms with Gasteiger partial charge in [0.05, 0.1) is 24.4 Å². The molecular weight excluding hydrogens is 428 g/mol. The van der Waals surface area contributed by atoms with Crippen LogP contribution in [0.15, 0.2) is 40.7 Å². The Labute approximate surface area is 193 Å². The molecule has 0 unspecified atom stereocenters. The second-order valence-corrected chi connectivity index (χ2v) is 7.55. The van der Waals surface area contributed by atoms with E-state index < -0.39 is 36.3 Å². The number of carbonyl (C=O) groups is 4. The van der Waals surface area contributed by atoms with Crippen molar-refractivity contribution in [2.45, 2.75) is 41.5 Å². The third-order valence-electron chi connectivity index (χ3n) is 4.99. The van der Waals surface area contributed by atoms with Crippen molar-refractivity contribution in [1.82, 2.24) is 5.32 Å². The molecule has 2 rings (SSSR count). The summed E-state index contributed by atoms with van der Waals surface area (Å²) in [6, 6.07) is 5.52. The summed E-state index contributed by atoms with van der Waals surface area (Å²) >= 11 is 0. The fraction of sp³-hybridized carbons (Fsp3) is 0.417. The van der Waals surface area contributed by atoms with Crippen LogP contribution in [0.3, 0.4) is 0 Å². The standard InChI is InChI=1S/C24H30N2O7/c1-7-31-22(28)19-15(5)25-16(6)20(23(29)32-8-2)21(19)24(30)33-12-18(27)26-17-10-9-13(3)11-14(17)4/h9-11,21,25H,7-8,12H2,1-6H3,(H,26,27). The number of aryl methyl sites for hydroxylation is 2. The molecule has 1 heterocycles. The van der Waals surface area contributed by atoms with E-state index >= 15 is 0 Å². The van der Waals surface area contributed by atoms with Gasteiger partial charge in [-0.05, 0) is 53.2 Å². The molecule has 0 saturated heterocycles. The monoisotopic (exact) mass is 458 g/mol. The first-order valence-corrected chi connectivity index (χ1v) is 10.7. The number of ether oxygens (including phenoxy) is 3. The Morgan fingerprint density at radius 3 is 1.91 bits per heavy atom. The Bertz CT molecular complexity index is 984. The predicted molar refractivity (Wildman–Crippen MR) is 121 cm³/mol. The zero-order valence-corrected chi connectivity index (χ0v) is 19.8. The Kier molecular flexibility index (Phi) is 8.78. The first-order chi connectivity index (χ1) is 15.6. The van der Waals surface area contributed by atoms with Gasteiger partial charge < -0.3 is 24.8 Å².